The van der Waals surface area contributed by atoms with Crippen LogP contribution in [0.1, 0.15) is 43.1 Å². The minimum Gasteiger partial charge on any atom is -0.476 e. The molecule has 2 N–H and O–H groups in total. The number of rotatable bonds is 4. The Morgan fingerprint density at radius 3 is 2.83 bits per heavy atom. The summed E-state index contributed by atoms with van der Waals surface area (Å²) in [7, 11) is 0. The van der Waals surface area contributed by atoms with Crippen molar-refractivity contribution in [3.8, 4) is 0 Å². The van der Waals surface area contributed by atoms with E-state index >= 15 is 0 Å². The van der Waals surface area contributed by atoms with Crippen LogP contribution in [0.2, 0.25) is 0 Å². The van der Waals surface area contributed by atoms with E-state index in [4.69, 9.17) is 5.11 Å². The Balaban J connectivity index is 1.92. The number of anilines is 1. The van der Waals surface area contributed by atoms with E-state index in [-0.39, 0.29) is 5.69 Å². The van der Waals surface area contributed by atoms with Gasteiger partial charge in [-0.25, -0.2) is 9.78 Å². The summed E-state index contributed by atoms with van der Waals surface area (Å²) in [5.41, 5.74) is 0.741. The highest BCUT2D eigenvalue weighted by Crippen LogP contribution is 2.28. The monoisotopic (exact) mass is 248 g/mol. The van der Waals surface area contributed by atoms with Crippen molar-refractivity contribution in [2.75, 3.05) is 11.9 Å². The molecule has 0 aromatic carbocycles. The highest BCUT2D eigenvalue weighted by Gasteiger charge is 2.19. The van der Waals surface area contributed by atoms with E-state index in [1.54, 1.807) is 12.1 Å². The smallest absolute Gasteiger partial charge is 0.356 e. The van der Waals surface area contributed by atoms with Crippen LogP contribution in [0.5, 0.6) is 0 Å². The van der Waals surface area contributed by atoms with Gasteiger partial charge in [-0.1, -0.05) is 19.8 Å². The number of aromatic nitrogens is 1. The van der Waals surface area contributed by atoms with Crippen molar-refractivity contribution < 1.29 is 9.90 Å². The predicted octanol–water partition coefficient (Wildman–Crippen LogP) is 3.02. The SMILES string of the molecule is CC1CCC(CNc2cccnc2C(=O)O)CC1. The Morgan fingerprint density at radius 2 is 2.17 bits per heavy atom. The summed E-state index contributed by atoms with van der Waals surface area (Å²) < 4.78 is 0. The molecule has 1 aliphatic rings. The lowest BCUT2D eigenvalue weighted by Gasteiger charge is -2.26. The maximum Gasteiger partial charge on any atom is 0.356 e. The van der Waals surface area contributed by atoms with Gasteiger partial charge in [-0.15, -0.1) is 0 Å². The minimum atomic E-state index is -0.977. The molecule has 0 spiro atoms. The Morgan fingerprint density at radius 1 is 1.44 bits per heavy atom. The lowest BCUT2D eigenvalue weighted by molar-refractivity contribution is 0.0691. The van der Waals surface area contributed by atoms with Gasteiger partial charge in [-0.3, -0.25) is 0 Å². The molecule has 0 radical (unpaired) electrons. The lowest BCUT2D eigenvalue weighted by Crippen LogP contribution is -2.21. The number of carbonyl (C=O) groups is 1. The molecule has 1 aliphatic carbocycles. The van der Waals surface area contributed by atoms with Crippen LogP contribution in [-0.2, 0) is 0 Å². The first-order valence-corrected chi connectivity index (χ1v) is 6.59. The summed E-state index contributed by atoms with van der Waals surface area (Å²) in [6.45, 7) is 3.14. The Labute approximate surface area is 107 Å². The van der Waals surface area contributed by atoms with Gasteiger partial charge in [0.2, 0.25) is 0 Å². The van der Waals surface area contributed by atoms with E-state index in [2.05, 4.69) is 17.2 Å². The second-order valence-electron chi connectivity index (χ2n) is 5.21. The number of hydrogen-bond donors (Lipinski definition) is 2. The molecule has 4 nitrogen and oxygen atoms in total. The van der Waals surface area contributed by atoms with Gasteiger partial charge in [0, 0.05) is 12.7 Å². The van der Waals surface area contributed by atoms with Crippen molar-refractivity contribution in [3.05, 3.63) is 24.0 Å². The Bertz CT molecular complexity index is 412. The molecule has 0 amide bonds. The molecule has 1 aromatic heterocycles. The summed E-state index contributed by atoms with van der Waals surface area (Å²) in [4.78, 5) is 14.9. The first kappa shape index (κ1) is 12.9. The molecule has 2 rings (SSSR count). The molecule has 0 aliphatic heterocycles. The largest absolute Gasteiger partial charge is 0.476 e. The molecule has 1 aromatic rings. The highest BCUT2D eigenvalue weighted by atomic mass is 16.4. The molecule has 0 unspecified atom stereocenters. The molecule has 0 saturated heterocycles. The number of aromatic carboxylic acids is 1. The molecule has 1 saturated carbocycles. The zero-order valence-corrected chi connectivity index (χ0v) is 10.7. The Hall–Kier alpha value is -1.58. The third kappa shape index (κ3) is 3.22. The maximum absolute atomic E-state index is 11.0. The lowest BCUT2D eigenvalue weighted by atomic mass is 9.83. The number of nitrogens with one attached hydrogen (secondary N) is 1. The normalized spacial score (nSPS) is 23.6. The summed E-state index contributed by atoms with van der Waals surface area (Å²) >= 11 is 0. The van der Waals surface area contributed by atoms with Crippen molar-refractivity contribution in [3.63, 3.8) is 0 Å². The Kier molecular flexibility index (Phi) is 4.18. The molecule has 0 atom stereocenters. The first-order valence-electron chi connectivity index (χ1n) is 6.59. The molecule has 18 heavy (non-hydrogen) atoms. The van der Waals surface area contributed by atoms with Crippen molar-refractivity contribution >= 4 is 11.7 Å². The average molecular weight is 248 g/mol. The fourth-order valence-electron chi connectivity index (χ4n) is 2.51. The quantitative estimate of drug-likeness (QED) is 0.859. The van der Waals surface area contributed by atoms with E-state index in [0.717, 1.165) is 12.5 Å². The third-order valence-electron chi connectivity index (χ3n) is 3.73. The summed E-state index contributed by atoms with van der Waals surface area (Å²) in [6, 6.07) is 3.54. The van der Waals surface area contributed by atoms with Crippen LogP contribution in [0, 0.1) is 11.8 Å². The third-order valence-corrected chi connectivity index (χ3v) is 3.73. The van der Waals surface area contributed by atoms with E-state index in [1.165, 1.54) is 31.9 Å². The number of hydrogen-bond acceptors (Lipinski definition) is 3. The maximum atomic E-state index is 11.0. The van der Waals surface area contributed by atoms with Crippen LogP contribution >= 0.6 is 0 Å². The van der Waals surface area contributed by atoms with Gasteiger partial charge in [0.05, 0.1) is 5.69 Å². The van der Waals surface area contributed by atoms with Gasteiger partial charge in [-0.05, 0) is 36.8 Å². The highest BCUT2D eigenvalue weighted by molar-refractivity contribution is 5.91. The van der Waals surface area contributed by atoms with Gasteiger partial charge in [0.1, 0.15) is 0 Å². The van der Waals surface area contributed by atoms with Gasteiger partial charge in [-0.2, -0.15) is 0 Å². The molecule has 98 valence electrons. The van der Waals surface area contributed by atoms with Crippen LogP contribution in [0.4, 0.5) is 5.69 Å². The molecule has 0 bridgehead atoms. The predicted molar refractivity (Wildman–Crippen MR) is 70.8 cm³/mol. The van der Waals surface area contributed by atoms with Gasteiger partial charge in [0.25, 0.3) is 0 Å². The van der Waals surface area contributed by atoms with Crippen LogP contribution < -0.4 is 5.32 Å². The fraction of sp³-hybridized carbons (Fsp3) is 0.571. The van der Waals surface area contributed by atoms with Crippen LogP contribution in [0.15, 0.2) is 18.3 Å². The van der Waals surface area contributed by atoms with E-state index in [9.17, 15) is 4.79 Å². The molecule has 1 heterocycles. The topological polar surface area (TPSA) is 62.2 Å². The van der Waals surface area contributed by atoms with E-state index in [1.807, 2.05) is 0 Å². The second kappa shape index (κ2) is 5.85. The summed E-state index contributed by atoms with van der Waals surface area (Å²) in [6.07, 6.45) is 6.54. The van der Waals surface area contributed by atoms with E-state index in [0.29, 0.717) is 11.6 Å². The number of carboxylic acids is 1. The molecular formula is C14H20N2O2. The zero-order chi connectivity index (χ0) is 13.0. The molecular weight excluding hydrogens is 228 g/mol. The van der Waals surface area contributed by atoms with Gasteiger partial charge >= 0.3 is 5.97 Å². The van der Waals surface area contributed by atoms with Crippen molar-refractivity contribution in [2.24, 2.45) is 11.8 Å². The van der Waals surface area contributed by atoms with Crippen LogP contribution in [0.25, 0.3) is 0 Å². The summed E-state index contributed by atoms with van der Waals surface area (Å²) in [5, 5.41) is 12.3. The van der Waals surface area contributed by atoms with Crippen LogP contribution in [-0.4, -0.2) is 22.6 Å². The molecule has 1 fully saturated rings. The fourth-order valence-corrected chi connectivity index (χ4v) is 2.51. The van der Waals surface area contributed by atoms with Crippen molar-refractivity contribution in [2.45, 2.75) is 32.6 Å². The van der Waals surface area contributed by atoms with E-state index < -0.39 is 5.97 Å². The first-order chi connectivity index (χ1) is 8.66. The number of pyridine rings is 1. The van der Waals surface area contributed by atoms with Crippen LogP contribution in [0.3, 0.4) is 0 Å². The summed E-state index contributed by atoms with van der Waals surface area (Å²) in [5.74, 6) is 0.521. The van der Waals surface area contributed by atoms with Crippen molar-refractivity contribution in [1.82, 2.24) is 4.98 Å². The van der Waals surface area contributed by atoms with Gasteiger partial charge in [0.15, 0.2) is 5.69 Å². The second-order valence-corrected chi connectivity index (χ2v) is 5.21. The number of carboxylic acid groups (broad SMARTS) is 1. The minimum absolute atomic E-state index is 0.113. The molecule has 4 heteroatoms. The zero-order valence-electron chi connectivity index (χ0n) is 10.7. The average Bonchev–Trinajstić information content (AvgIpc) is 2.38. The van der Waals surface area contributed by atoms with Gasteiger partial charge < -0.3 is 10.4 Å². The van der Waals surface area contributed by atoms with Crippen molar-refractivity contribution in [1.29, 1.82) is 0 Å². The standard InChI is InChI=1S/C14H20N2O2/c1-10-4-6-11(7-5-10)9-16-12-3-2-8-15-13(12)14(17)18/h2-3,8,10-11,16H,4-7,9H2,1H3,(H,17,18). The number of nitrogens with zero attached hydrogens (tertiary/aromatic N) is 1.